The lowest BCUT2D eigenvalue weighted by Gasteiger charge is -2.29. The Kier molecular flexibility index (Phi) is 5.52. The lowest BCUT2D eigenvalue weighted by Crippen LogP contribution is -2.45. The topological polar surface area (TPSA) is 66.5 Å². The summed E-state index contributed by atoms with van der Waals surface area (Å²) in [5, 5.41) is 2.79. The maximum absolute atomic E-state index is 12.7. The molecule has 1 N–H and O–H groups in total. The Balaban J connectivity index is 2.38. The SMILES string of the molecule is Cc1cccc(NC(=O)[C@@H](C)N(c2cc(C)ccc2C)S(C)(=O)=O)c1. The van der Waals surface area contributed by atoms with E-state index in [0.29, 0.717) is 11.4 Å². The van der Waals surface area contributed by atoms with Gasteiger partial charge in [0.15, 0.2) is 0 Å². The van der Waals surface area contributed by atoms with Gasteiger partial charge in [-0.3, -0.25) is 9.10 Å². The third kappa shape index (κ3) is 4.60. The van der Waals surface area contributed by atoms with Crippen LogP contribution in [0, 0.1) is 20.8 Å². The highest BCUT2D eigenvalue weighted by atomic mass is 32.2. The number of benzene rings is 2. The van der Waals surface area contributed by atoms with E-state index in [1.54, 1.807) is 19.1 Å². The molecule has 2 aromatic rings. The number of anilines is 2. The summed E-state index contributed by atoms with van der Waals surface area (Å²) >= 11 is 0. The van der Waals surface area contributed by atoms with Crippen molar-refractivity contribution in [3.63, 3.8) is 0 Å². The summed E-state index contributed by atoms with van der Waals surface area (Å²) in [6, 6.07) is 12.1. The molecule has 0 radical (unpaired) electrons. The van der Waals surface area contributed by atoms with E-state index in [0.717, 1.165) is 22.9 Å². The van der Waals surface area contributed by atoms with E-state index in [1.165, 1.54) is 4.31 Å². The normalized spacial score (nSPS) is 12.5. The molecule has 25 heavy (non-hydrogen) atoms. The van der Waals surface area contributed by atoms with Crippen LogP contribution >= 0.6 is 0 Å². The van der Waals surface area contributed by atoms with Crippen LogP contribution in [0.25, 0.3) is 0 Å². The average Bonchev–Trinajstić information content (AvgIpc) is 2.49. The number of nitrogens with one attached hydrogen (secondary N) is 1. The van der Waals surface area contributed by atoms with Gasteiger partial charge < -0.3 is 5.32 Å². The highest BCUT2D eigenvalue weighted by Crippen LogP contribution is 2.26. The Hall–Kier alpha value is -2.34. The summed E-state index contributed by atoms with van der Waals surface area (Å²) in [7, 11) is -3.63. The molecule has 0 heterocycles. The van der Waals surface area contributed by atoms with Gasteiger partial charge in [0.2, 0.25) is 15.9 Å². The van der Waals surface area contributed by atoms with Gasteiger partial charge >= 0.3 is 0 Å². The quantitative estimate of drug-likeness (QED) is 0.888. The fourth-order valence-corrected chi connectivity index (χ4v) is 3.93. The molecular weight excluding hydrogens is 336 g/mol. The average molecular weight is 360 g/mol. The van der Waals surface area contributed by atoms with Gasteiger partial charge in [0, 0.05) is 5.69 Å². The minimum absolute atomic E-state index is 0.378. The summed E-state index contributed by atoms with van der Waals surface area (Å²) < 4.78 is 26.0. The Morgan fingerprint density at radius 2 is 1.68 bits per heavy atom. The van der Waals surface area contributed by atoms with Crippen LogP contribution < -0.4 is 9.62 Å². The standard InChI is InChI=1S/C19H24N2O3S/c1-13-7-6-8-17(11-13)20-19(22)16(4)21(25(5,23)24)18-12-14(2)9-10-15(18)3/h6-12,16H,1-5H3,(H,20,22)/t16-/m1/s1. The van der Waals surface area contributed by atoms with Crippen LogP contribution in [-0.2, 0) is 14.8 Å². The molecule has 0 bridgehead atoms. The van der Waals surface area contributed by atoms with Crippen molar-refractivity contribution in [2.45, 2.75) is 33.7 Å². The Morgan fingerprint density at radius 1 is 1.04 bits per heavy atom. The number of aryl methyl sites for hydroxylation is 3. The summed E-state index contributed by atoms with van der Waals surface area (Å²) in [6.07, 6.45) is 1.12. The minimum atomic E-state index is -3.63. The van der Waals surface area contributed by atoms with E-state index in [-0.39, 0.29) is 5.91 Å². The number of carbonyl (C=O) groups is 1. The van der Waals surface area contributed by atoms with E-state index >= 15 is 0 Å². The van der Waals surface area contributed by atoms with E-state index in [2.05, 4.69) is 5.32 Å². The molecule has 0 aliphatic rings. The molecule has 0 aliphatic heterocycles. The van der Waals surface area contributed by atoms with E-state index in [4.69, 9.17) is 0 Å². The first-order valence-electron chi connectivity index (χ1n) is 8.04. The monoisotopic (exact) mass is 360 g/mol. The second-order valence-electron chi connectivity index (χ2n) is 6.38. The maximum Gasteiger partial charge on any atom is 0.247 e. The molecule has 2 rings (SSSR count). The molecule has 5 nitrogen and oxygen atoms in total. The summed E-state index contributed by atoms with van der Waals surface area (Å²) in [5.41, 5.74) is 3.91. The molecule has 6 heteroatoms. The van der Waals surface area contributed by atoms with Crippen LogP contribution in [0.3, 0.4) is 0 Å². The van der Waals surface area contributed by atoms with Crippen molar-refractivity contribution in [3.05, 3.63) is 59.2 Å². The van der Waals surface area contributed by atoms with Crippen molar-refractivity contribution in [3.8, 4) is 0 Å². The van der Waals surface area contributed by atoms with Gasteiger partial charge in [-0.15, -0.1) is 0 Å². The number of hydrogen-bond acceptors (Lipinski definition) is 3. The molecule has 0 saturated carbocycles. The molecular formula is C19H24N2O3S. The first-order chi connectivity index (χ1) is 11.6. The fourth-order valence-electron chi connectivity index (χ4n) is 2.71. The van der Waals surface area contributed by atoms with Crippen molar-refractivity contribution in [1.82, 2.24) is 0 Å². The first kappa shape index (κ1) is 19.0. The molecule has 2 aromatic carbocycles. The molecule has 0 aliphatic carbocycles. The summed E-state index contributed by atoms with van der Waals surface area (Å²) in [4.78, 5) is 12.7. The molecule has 134 valence electrons. The molecule has 1 amide bonds. The molecule has 1 atom stereocenters. The highest BCUT2D eigenvalue weighted by molar-refractivity contribution is 7.92. The number of amides is 1. The first-order valence-corrected chi connectivity index (χ1v) is 9.88. The lowest BCUT2D eigenvalue weighted by molar-refractivity contribution is -0.116. The van der Waals surface area contributed by atoms with Gasteiger partial charge in [0.1, 0.15) is 6.04 Å². The van der Waals surface area contributed by atoms with Gasteiger partial charge in [0.25, 0.3) is 0 Å². The summed E-state index contributed by atoms with van der Waals surface area (Å²) in [5.74, 6) is -0.378. The van der Waals surface area contributed by atoms with Crippen LogP contribution in [0.1, 0.15) is 23.6 Å². The second-order valence-corrected chi connectivity index (χ2v) is 8.24. The van der Waals surface area contributed by atoms with Crippen molar-refractivity contribution in [2.24, 2.45) is 0 Å². The molecule has 0 fully saturated rings. The predicted octanol–water partition coefficient (Wildman–Crippen LogP) is 3.41. The minimum Gasteiger partial charge on any atom is -0.324 e. The fraction of sp³-hybridized carbons (Fsp3) is 0.316. The maximum atomic E-state index is 12.7. The number of sulfonamides is 1. The zero-order valence-electron chi connectivity index (χ0n) is 15.2. The number of carbonyl (C=O) groups excluding carboxylic acids is 1. The van der Waals surface area contributed by atoms with Crippen molar-refractivity contribution < 1.29 is 13.2 Å². The van der Waals surface area contributed by atoms with Gasteiger partial charge in [-0.25, -0.2) is 8.42 Å². The van der Waals surface area contributed by atoms with Crippen LogP contribution in [0.5, 0.6) is 0 Å². The molecule has 0 unspecified atom stereocenters. The van der Waals surface area contributed by atoms with Gasteiger partial charge in [0.05, 0.1) is 11.9 Å². The number of hydrogen-bond donors (Lipinski definition) is 1. The molecule has 0 saturated heterocycles. The molecule has 0 spiro atoms. The third-order valence-electron chi connectivity index (χ3n) is 3.98. The van der Waals surface area contributed by atoms with Crippen molar-refractivity contribution >= 4 is 27.3 Å². The van der Waals surface area contributed by atoms with Crippen LogP contribution in [0.15, 0.2) is 42.5 Å². The lowest BCUT2D eigenvalue weighted by atomic mass is 10.1. The van der Waals surface area contributed by atoms with Crippen LogP contribution in [-0.4, -0.2) is 26.6 Å². The third-order valence-corrected chi connectivity index (χ3v) is 5.20. The largest absolute Gasteiger partial charge is 0.324 e. The Bertz CT molecular complexity index is 891. The zero-order chi connectivity index (χ0) is 18.8. The number of rotatable bonds is 5. The Morgan fingerprint density at radius 3 is 2.28 bits per heavy atom. The number of nitrogens with zero attached hydrogens (tertiary/aromatic N) is 1. The van der Waals surface area contributed by atoms with E-state index in [9.17, 15) is 13.2 Å². The Labute approximate surface area is 149 Å². The summed E-state index contributed by atoms with van der Waals surface area (Å²) in [6.45, 7) is 7.24. The van der Waals surface area contributed by atoms with E-state index in [1.807, 2.05) is 51.1 Å². The van der Waals surface area contributed by atoms with Crippen molar-refractivity contribution in [2.75, 3.05) is 15.9 Å². The van der Waals surface area contributed by atoms with Gasteiger partial charge in [-0.2, -0.15) is 0 Å². The zero-order valence-corrected chi connectivity index (χ0v) is 16.0. The van der Waals surface area contributed by atoms with Crippen LogP contribution in [0.4, 0.5) is 11.4 Å². The van der Waals surface area contributed by atoms with Gasteiger partial charge in [-0.1, -0.05) is 24.3 Å². The highest BCUT2D eigenvalue weighted by Gasteiger charge is 2.30. The van der Waals surface area contributed by atoms with Gasteiger partial charge in [-0.05, 0) is 62.6 Å². The van der Waals surface area contributed by atoms with Crippen molar-refractivity contribution in [1.29, 1.82) is 0 Å². The smallest absolute Gasteiger partial charge is 0.247 e. The van der Waals surface area contributed by atoms with E-state index < -0.39 is 16.1 Å². The second kappa shape index (κ2) is 7.27. The predicted molar refractivity (Wildman–Crippen MR) is 103 cm³/mol. The van der Waals surface area contributed by atoms with Crippen LogP contribution in [0.2, 0.25) is 0 Å². The molecule has 0 aromatic heterocycles.